The van der Waals surface area contributed by atoms with Gasteiger partial charge in [0.05, 0.1) is 6.54 Å². The maximum atomic E-state index is 12.0. The third-order valence-corrected chi connectivity index (χ3v) is 3.37. The average Bonchev–Trinajstić information content (AvgIpc) is 2.51. The van der Waals surface area contributed by atoms with E-state index in [1.807, 2.05) is 31.2 Å². The quantitative estimate of drug-likeness (QED) is 0.787. The Hall–Kier alpha value is -2.20. The Bertz CT molecular complexity index is 660. The lowest BCUT2D eigenvalue weighted by Gasteiger charge is -2.15. The van der Waals surface area contributed by atoms with Crippen LogP contribution in [0.15, 0.2) is 48.5 Å². The highest BCUT2D eigenvalue weighted by Gasteiger charge is 2.14. The minimum Gasteiger partial charge on any atom is -0.492 e. The summed E-state index contributed by atoms with van der Waals surface area (Å²) in [6.45, 7) is 4.51. The van der Waals surface area contributed by atoms with E-state index in [0.717, 1.165) is 11.3 Å². The molecule has 2 rings (SSSR count). The van der Waals surface area contributed by atoms with Gasteiger partial charge in [-0.2, -0.15) is 0 Å². The molecule has 0 bridgehead atoms. The number of ether oxygens (including phenoxy) is 2. The lowest BCUT2D eigenvalue weighted by molar-refractivity contribution is -0.127. The first-order valence-corrected chi connectivity index (χ1v) is 7.82. The highest BCUT2D eigenvalue weighted by atomic mass is 35.5. The second-order valence-electron chi connectivity index (χ2n) is 5.17. The molecule has 1 amide bonds. The molecule has 5 heteroatoms. The van der Waals surface area contributed by atoms with Gasteiger partial charge in [0.2, 0.25) is 0 Å². The number of aryl methyl sites for hydroxylation is 1. The predicted molar refractivity (Wildman–Crippen MR) is 91.2 cm³/mol. The van der Waals surface area contributed by atoms with Crippen LogP contribution in [0, 0.1) is 6.92 Å². The van der Waals surface area contributed by atoms with E-state index < -0.39 is 6.10 Å². The highest BCUT2D eigenvalue weighted by Crippen LogP contribution is 2.18. The normalized spacial score (nSPS) is 11.6. The van der Waals surface area contributed by atoms with E-state index in [1.165, 1.54) is 0 Å². The Morgan fingerprint density at radius 3 is 2.65 bits per heavy atom. The lowest BCUT2D eigenvalue weighted by Crippen LogP contribution is -2.38. The summed E-state index contributed by atoms with van der Waals surface area (Å²) in [5.41, 5.74) is 1.13. The van der Waals surface area contributed by atoms with Crippen molar-refractivity contribution in [3.8, 4) is 11.5 Å². The number of hydrogen-bond acceptors (Lipinski definition) is 3. The molecular formula is C18H20ClNO3. The van der Waals surface area contributed by atoms with Crippen LogP contribution in [0.25, 0.3) is 0 Å². The van der Waals surface area contributed by atoms with Crippen LogP contribution < -0.4 is 14.8 Å². The minimum absolute atomic E-state index is 0.196. The summed E-state index contributed by atoms with van der Waals surface area (Å²) in [4.78, 5) is 12.0. The second-order valence-corrected chi connectivity index (χ2v) is 5.61. The van der Waals surface area contributed by atoms with E-state index in [2.05, 4.69) is 5.32 Å². The maximum Gasteiger partial charge on any atom is 0.260 e. The molecule has 0 unspecified atom stereocenters. The van der Waals surface area contributed by atoms with Crippen LogP contribution in [-0.4, -0.2) is 25.2 Å². The monoisotopic (exact) mass is 333 g/mol. The summed E-state index contributed by atoms with van der Waals surface area (Å²) in [7, 11) is 0. The number of amides is 1. The van der Waals surface area contributed by atoms with Gasteiger partial charge in [-0.25, -0.2) is 0 Å². The molecule has 0 spiro atoms. The van der Waals surface area contributed by atoms with Crippen molar-refractivity contribution in [2.24, 2.45) is 0 Å². The Morgan fingerprint density at radius 2 is 1.91 bits per heavy atom. The molecule has 0 radical (unpaired) electrons. The molecular weight excluding hydrogens is 314 g/mol. The van der Waals surface area contributed by atoms with Gasteiger partial charge in [-0.3, -0.25) is 4.79 Å². The number of hydrogen-bond donors (Lipinski definition) is 1. The van der Waals surface area contributed by atoms with Crippen LogP contribution in [0.1, 0.15) is 12.5 Å². The van der Waals surface area contributed by atoms with Gasteiger partial charge in [-0.05, 0) is 49.7 Å². The van der Waals surface area contributed by atoms with E-state index in [1.54, 1.807) is 31.2 Å². The van der Waals surface area contributed by atoms with Crippen LogP contribution in [0.2, 0.25) is 5.02 Å². The number of halogens is 1. The van der Waals surface area contributed by atoms with Crippen molar-refractivity contribution in [2.75, 3.05) is 13.2 Å². The van der Waals surface area contributed by atoms with E-state index in [-0.39, 0.29) is 5.91 Å². The molecule has 0 aliphatic carbocycles. The molecule has 2 aromatic rings. The average molecular weight is 334 g/mol. The zero-order valence-corrected chi connectivity index (χ0v) is 14.0. The number of nitrogens with one attached hydrogen (secondary N) is 1. The predicted octanol–water partition coefficient (Wildman–Crippen LogP) is 3.61. The Labute approximate surface area is 141 Å². The minimum atomic E-state index is -0.604. The van der Waals surface area contributed by atoms with Crippen LogP contribution in [0.3, 0.4) is 0 Å². The first kappa shape index (κ1) is 17.2. The van der Waals surface area contributed by atoms with Crippen molar-refractivity contribution in [3.05, 3.63) is 59.1 Å². The fourth-order valence-corrected chi connectivity index (χ4v) is 2.17. The summed E-state index contributed by atoms with van der Waals surface area (Å²) in [6.07, 6.45) is -0.604. The van der Waals surface area contributed by atoms with Crippen LogP contribution in [0.5, 0.6) is 11.5 Å². The topological polar surface area (TPSA) is 47.6 Å². The van der Waals surface area contributed by atoms with Crippen molar-refractivity contribution in [2.45, 2.75) is 20.0 Å². The van der Waals surface area contributed by atoms with E-state index >= 15 is 0 Å². The number of rotatable bonds is 7. The van der Waals surface area contributed by atoms with E-state index in [0.29, 0.717) is 23.9 Å². The molecule has 2 aromatic carbocycles. The van der Waals surface area contributed by atoms with Gasteiger partial charge >= 0.3 is 0 Å². The smallest absolute Gasteiger partial charge is 0.260 e. The largest absolute Gasteiger partial charge is 0.492 e. The molecule has 1 atom stereocenters. The summed E-state index contributed by atoms with van der Waals surface area (Å²) in [5.74, 6) is 1.16. The zero-order valence-electron chi connectivity index (χ0n) is 13.2. The molecule has 122 valence electrons. The van der Waals surface area contributed by atoms with Gasteiger partial charge in [0.1, 0.15) is 18.1 Å². The highest BCUT2D eigenvalue weighted by molar-refractivity contribution is 6.30. The number of benzene rings is 2. The van der Waals surface area contributed by atoms with Gasteiger partial charge in [0.15, 0.2) is 6.10 Å². The standard InChI is InChI=1S/C18H20ClNO3/c1-13-5-3-7-16(11-13)22-10-9-20-18(21)14(2)23-17-8-4-6-15(19)12-17/h3-8,11-12,14H,9-10H2,1-2H3,(H,20,21)/t14-/m0/s1. The molecule has 1 N–H and O–H groups in total. The zero-order chi connectivity index (χ0) is 16.7. The summed E-state index contributed by atoms with van der Waals surface area (Å²) < 4.78 is 11.1. The van der Waals surface area contributed by atoms with E-state index in [4.69, 9.17) is 21.1 Å². The Balaban J connectivity index is 1.71. The van der Waals surface area contributed by atoms with Crippen molar-refractivity contribution in [1.29, 1.82) is 0 Å². The van der Waals surface area contributed by atoms with Crippen LogP contribution in [0.4, 0.5) is 0 Å². The van der Waals surface area contributed by atoms with Gasteiger partial charge in [0, 0.05) is 5.02 Å². The Morgan fingerprint density at radius 1 is 1.17 bits per heavy atom. The van der Waals surface area contributed by atoms with Crippen molar-refractivity contribution in [3.63, 3.8) is 0 Å². The summed E-state index contributed by atoms with van der Waals surface area (Å²) in [5, 5.41) is 3.35. The molecule has 0 aliphatic rings. The molecule has 23 heavy (non-hydrogen) atoms. The van der Waals surface area contributed by atoms with Gasteiger partial charge in [-0.1, -0.05) is 29.8 Å². The second kappa shape index (κ2) is 8.44. The first-order valence-electron chi connectivity index (χ1n) is 7.44. The molecule has 0 saturated heterocycles. The van der Waals surface area contributed by atoms with Gasteiger partial charge < -0.3 is 14.8 Å². The molecule has 0 aliphatic heterocycles. The summed E-state index contributed by atoms with van der Waals surface area (Å²) >= 11 is 5.88. The third kappa shape index (κ3) is 5.83. The lowest BCUT2D eigenvalue weighted by atomic mass is 10.2. The van der Waals surface area contributed by atoms with Crippen LogP contribution >= 0.6 is 11.6 Å². The molecule has 0 heterocycles. The van der Waals surface area contributed by atoms with Crippen molar-refractivity contribution >= 4 is 17.5 Å². The first-order chi connectivity index (χ1) is 11.0. The van der Waals surface area contributed by atoms with Gasteiger partial charge in [0.25, 0.3) is 5.91 Å². The number of carbonyl (C=O) groups is 1. The summed E-state index contributed by atoms with van der Waals surface area (Å²) in [6, 6.07) is 14.7. The van der Waals surface area contributed by atoms with Crippen LogP contribution in [-0.2, 0) is 4.79 Å². The maximum absolute atomic E-state index is 12.0. The van der Waals surface area contributed by atoms with E-state index in [9.17, 15) is 4.79 Å². The fourth-order valence-electron chi connectivity index (χ4n) is 1.99. The van der Waals surface area contributed by atoms with Crippen molar-refractivity contribution < 1.29 is 14.3 Å². The van der Waals surface area contributed by atoms with Gasteiger partial charge in [-0.15, -0.1) is 0 Å². The molecule has 0 saturated carbocycles. The fraction of sp³-hybridized carbons (Fsp3) is 0.278. The SMILES string of the molecule is Cc1cccc(OCCNC(=O)[C@H](C)Oc2cccc(Cl)c2)c1. The van der Waals surface area contributed by atoms with Crippen molar-refractivity contribution in [1.82, 2.24) is 5.32 Å². The molecule has 0 fully saturated rings. The molecule has 4 nitrogen and oxygen atoms in total. The third-order valence-electron chi connectivity index (χ3n) is 3.14. The molecule has 0 aromatic heterocycles. The number of carbonyl (C=O) groups excluding carboxylic acids is 1. The Kier molecular flexibility index (Phi) is 6.29.